The summed E-state index contributed by atoms with van der Waals surface area (Å²) in [6, 6.07) is 20.2. The van der Waals surface area contributed by atoms with E-state index in [1.165, 1.54) is 11.9 Å². The molecular formula is C20H20N4O. The highest BCUT2D eigenvalue weighted by atomic mass is 16.2. The number of rotatable bonds is 6. The van der Waals surface area contributed by atoms with Crippen LogP contribution in [0.3, 0.4) is 0 Å². The first-order valence-corrected chi connectivity index (χ1v) is 8.54. The lowest BCUT2D eigenvalue weighted by molar-refractivity contribution is -0.123. The normalized spacial score (nSPS) is 20.0. The lowest BCUT2D eigenvalue weighted by Crippen LogP contribution is -2.33. The largest absolute Gasteiger partial charge is 0.347 e. The Balaban J connectivity index is 1.46. The van der Waals surface area contributed by atoms with Gasteiger partial charge in [-0.3, -0.25) is 9.48 Å². The molecule has 3 atom stereocenters. The third-order valence-electron chi connectivity index (χ3n) is 4.71. The molecule has 1 saturated carbocycles. The molecule has 25 heavy (non-hydrogen) atoms. The number of carbonyl (C=O) groups excluding carboxylic acids is 1. The van der Waals surface area contributed by atoms with Crippen molar-refractivity contribution >= 4 is 5.91 Å². The molecule has 126 valence electrons. The first-order chi connectivity index (χ1) is 12.3. The number of amides is 1. The molecule has 5 nitrogen and oxygen atoms in total. The lowest BCUT2D eigenvalue weighted by Gasteiger charge is -2.19. The number of hydrogen-bond donors (Lipinski definition) is 1. The number of benzene rings is 2. The molecule has 0 radical (unpaired) electrons. The Morgan fingerprint density at radius 3 is 2.52 bits per heavy atom. The van der Waals surface area contributed by atoms with Gasteiger partial charge in [0, 0.05) is 5.92 Å². The van der Waals surface area contributed by atoms with Crippen LogP contribution in [-0.2, 0) is 11.3 Å². The smallest absolute Gasteiger partial charge is 0.224 e. The van der Waals surface area contributed by atoms with Crippen LogP contribution in [0.2, 0.25) is 0 Å². The van der Waals surface area contributed by atoms with E-state index < -0.39 is 0 Å². The molecule has 0 aliphatic heterocycles. The van der Waals surface area contributed by atoms with Crippen molar-refractivity contribution in [1.29, 1.82) is 0 Å². The van der Waals surface area contributed by atoms with Crippen LogP contribution in [-0.4, -0.2) is 20.7 Å². The van der Waals surface area contributed by atoms with Gasteiger partial charge < -0.3 is 5.32 Å². The molecule has 2 aromatic carbocycles. The molecule has 0 bridgehead atoms. The van der Waals surface area contributed by atoms with Crippen LogP contribution in [0.25, 0.3) is 0 Å². The van der Waals surface area contributed by atoms with E-state index >= 15 is 0 Å². The Morgan fingerprint density at radius 2 is 1.84 bits per heavy atom. The number of nitrogens with one attached hydrogen (secondary N) is 1. The Kier molecular flexibility index (Phi) is 4.29. The number of aromatic nitrogens is 3. The maximum absolute atomic E-state index is 12.7. The third-order valence-corrected chi connectivity index (χ3v) is 4.71. The highest BCUT2D eigenvalue weighted by Gasteiger charge is 2.44. The molecule has 1 aliphatic rings. The molecule has 5 heteroatoms. The van der Waals surface area contributed by atoms with Crippen molar-refractivity contribution in [2.45, 2.75) is 24.9 Å². The van der Waals surface area contributed by atoms with Crippen LogP contribution >= 0.6 is 0 Å². The van der Waals surface area contributed by atoms with Crippen molar-refractivity contribution in [3.05, 3.63) is 84.4 Å². The predicted molar refractivity (Wildman–Crippen MR) is 94.6 cm³/mol. The van der Waals surface area contributed by atoms with Crippen molar-refractivity contribution in [1.82, 2.24) is 20.1 Å². The second-order valence-electron chi connectivity index (χ2n) is 6.45. The summed E-state index contributed by atoms with van der Waals surface area (Å²) in [6.45, 7) is 0.568. The minimum absolute atomic E-state index is 0.0596. The Bertz CT molecular complexity index is 817. The van der Waals surface area contributed by atoms with Crippen molar-refractivity contribution in [3.63, 3.8) is 0 Å². The van der Waals surface area contributed by atoms with Crippen molar-refractivity contribution in [3.8, 4) is 0 Å². The standard InChI is InChI=1S/C20H20N4O/c25-20(18-11-17(18)15-7-3-1-4-8-15)23-19(12-24-14-21-13-22-24)16-9-5-2-6-10-16/h1-10,13-14,17-19H,11-12H2,(H,23,25)/t17-,18-,19-/m1/s1. The quantitative estimate of drug-likeness (QED) is 0.755. The maximum atomic E-state index is 12.7. The molecule has 1 N–H and O–H groups in total. The number of hydrogen-bond acceptors (Lipinski definition) is 3. The molecule has 1 heterocycles. The second-order valence-corrected chi connectivity index (χ2v) is 6.45. The zero-order chi connectivity index (χ0) is 17.1. The van der Waals surface area contributed by atoms with Crippen LogP contribution in [0.1, 0.15) is 29.5 Å². The van der Waals surface area contributed by atoms with Gasteiger partial charge in [-0.05, 0) is 23.5 Å². The van der Waals surface area contributed by atoms with E-state index in [9.17, 15) is 4.79 Å². The van der Waals surface area contributed by atoms with Gasteiger partial charge >= 0.3 is 0 Å². The molecule has 0 spiro atoms. The summed E-state index contributed by atoms with van der Waals surface area (Å²) in [4.78, 5) is 16.7. The number of nitrogens with zero attached hydrogens (tertiary/aromatic N) is 3. The highest BCUT2D eigenvalue weighted by molar-refractivity contribution is 5.83. The molecule has 3 aromatic rings. The monoisotopic (exact) mass is 332 g/mol. The van der Waals surface area contributed by atoms with E-state index in [2.05, 4.69) is 27.5 Å². The van der Waals surface area contributed by atoms with Crippen LogP contribution in [0.5, 0.6) is 0 Å². The van der Waals surface area contributed by atoms with E-state index in [1.54, 1.807) is 11.0 Å². The summed E-state index contributed by atoms with van der Waals surface area (Å²) in [5.41, 5.74) is 2.32. The molecular weight excluding hydrogens is 312 g/mol. The van der Waals surface area contributed by atoms with E-state index in [4.69, 9.17) is 0 Å². The Labute approximate surface area is 146 Å². The summed E-state index contributed by atoms with van der Waals surface area (Å²) in [5, 5.41) is 7.37. The Morgan fingerprint density at radius 1 is 1.12 bits per heavy atom. The molecule has 1 aromatic heterocycles. The van der Waals surface area contributed by atoms with Crippen molar-refractivity contribution in [2.24, 2.45) is 5.92 Å². The van der Waals surface area contributed by atoms with Crippen molar-refractivity contribution < 1.29 is 4.79 Å². The van der Waals surface area contributed by atoms with Gasteiger partial charge in [0.25, 0.3) is 0 Å². The summed E-state index contributed by atoms with van der Waals surface area (Å²) >= 11 is 0. The zero-order valence-electron chi connectivity index (χ0n) is 13.8. The lowest BCUT2D eigenvalue weighted by atomic mass is 10.1. The zero-order valence-corrected chi connectivity index (χ0v) is 13.8. The minimum atomic E-state index is -0.118. The summed E-state index contributed by atoms with van der Waals surface area (Å²) in [7, 11) is 0. The average molecular weight is 332 g/mol. The third kappa shape index (κ3) is 3.60. The Hall–Kier alpha value is -2.95. The van der Waals surface area contributed by atoms with E-state index in [0.29, 0.717) is 12.5 Å². The summed E-state index contributed by atoms with van der Waals surface area (Å²) < 4.78 is 1.75. The van der Waals surface area contributed by atoms with Gasteiger partial charge in [-0.15, -0.1) is 0 Å². The van der Waals surface area contributed by atoms with E-state index in [0.717, 1.165) is 12.0 Å². The van der Waals surface area contributed by atoms with Crippen LogP contribution < -0.4 is 5.32 Å². The molecule has 1 amide bonds. The van der Waals surface area contributed by atoms with E-state index in [-0.39, 0.29) is 17.9 Å². The summed E-state index contributed by atoms with van der Waals surface area (Å²) in [5.74, 6) is 0.510. The fourth-order valence-electron chi connectivity index (χ4n) is 3.27. The van der Waals surface area contributed by atoms with Crippen molar-refractivity contribution in [2.75, 3.05) is 0 Å². The SMILES string of the molecule is O=C(N[C@H](Cn1cncn1)c1ccccc1)[C@@H]1C[C@@H]1c1ccccc1. The second kappa shape index (κ2) is 6.89. The van der Waals surface area contributed by atoms with Gasteiger partial charge in [-0.1, -0.05) is 60.7 Å². The molecule has 1 aliphatic carbocycles. The maximum Gasteiger partial charge on any atom is 0.224 e. The van der Waals surface area contributed by atoms with E-state index in [1.807, 2.05) is 48.5 Å². The first-order valence-electron chi connectivity index (χ1n) is 8.54. The fraction of sp³-hybridized carbons (Fsp3) is 0.250. The van der Waals surface area contributed by atoms with Gasteiger partial charge in [0.05, 0.1) is 12.6 Å². The highest BCUT2D eigenvalue weighted by Crippen LogP contribution is 2.47. The van der Waals surface area contributed by atoms with Crippen LogP contribution in [0, 0.1) is 5.92 Å². The van der Waals surface area contributed by atoms with Crippen LogP contribution in [0.4, 0.5) is 0 Å². The number of carbonyl (C=O) groups is 1. The van der Waals surface area contributed by atoms with Crippen LogP contribution in [0.15, 0.2) is 73.3 Å². The van der Waals surface area contributed by atoms with Gasteiger partial charge in [0.1, 0.15) is 12.7 Å². The predicted octanol–water partition coefficient (Wildman–Crippen LogP) is 2.94. The van der Waals surface area contributed by atoms with Gasteiger partial charge in [-0.25, -0.2) is 4.98 Å². The van der Waals surface area contributed by atoms with Gasteiger partial charge in [0.15, 0.2) is 0 Å². The average Bonchev–Trinajstić information content (AvgIpc) is 3.31. The van der Waals surface area contributed by atoms with Gasteiger partial charge in [0.2, 0.25) is 5.91 Å². The molecule has 0 unspecified atom stereocenters. The summed E-state index contributed by atoms with van der Waals surface area (Å²) in [6.07, 6.45) is 4.10. The fourth-order valence-corrected chi connectivity index (χ4v) is 3.27. The molecule has 0 saturated heterocycles. The first kappa shape index (κ1) is 15.6. The topological polar surface area (TPSA) is 59.8 Å². The minimum Gasteiger partial charge on any atom is -0.347 e. The molecule has 4 rings (SSSR count). The molecule has 1 fully saturated rings. The van der Waals surface area contributed by atoms with Gasteiger partial charge in [-0.2, -0.15) is 5.10 Å².